The van der Waals surface area contributed by atoms with E-state index < -0.39 is 0 Å². The number of nitrogens with zero attached hydrogens (tertiary/aromatic N) is 3. The van der Waals surface area contributed by atoms with E-state index in [0.717, 1.165) is 5.56 Å². The van der Waals surface area contributed by atoms with E-state index in [0.29, 0.717) is 29.9 Å². The first kappa shape index (κ1) is 18.2. The molecule has 0 fully saturated rings. The molecule has 1 heterocycles. The van der Waals surface area contributed by atoms with E-state index in [2.05, 4.69) is 20.0 Å². The minimum absolute atomic E-state index is 0.137. The minimum Gasteiger partial charge on any atom is -0.493 e. The maximum atomic E-state index is 11.1. The molecule has 1 aromatic carbocycles. The van der Waals surface area contributed by atoms with E-state index in [9.17, 15) is 4.79 Å². The molecule has 2 N–H and O–H groups in total. The normalized spacial score (nSPS) is 10.7. The Labute approximate surface area is 145 Å². The van der Waals surface area contributed by atoms with E-state index in [4.69, 9.17) is 15.2 Å². The summed E-state index contributed by atoms with van der Waals surface area (Å²) in [5, 5.41) is 3.67. The van der Waals surface area contributed by atoms with E-state index in [1.165, 1.54) is 19.7 Å². The van der Waals surface area contributed by atoms with Gasteiger partial charge >= 0.3 is 0 Å². The Balaban J connectivity index is 2.29. The van der Waals surface area contributed by atoms with Crippen LogP contribution in [0.3, 0.4) is 0 Å². The highest BCUT2D eigenvalue weighted by molar-refractivity contribution is 5.88. The highest BCUT2D eigenvalue weighted by atomic mass is 16.6. The van der Waals surface area contributed by atoms with Crippen molar-refractivity contribution in [3.8, 4) is 17.4 Å². The second kappa shape index (κ2) is 8.62. The number of anilines is 1. The number of aryl methyl sites for hydroxylation is 1. The van der Waals surface area contributed by atoms with Crippen LogP contribution < -0.4 is 15.2 Å². The Morgan fingerprint density at radius 2 is 2.08 bits per heavy atom. The van der Waals surface area contributed by atoms with Crippen LogP contribution in [0.25, 0.3) is 0 Å². The summed E-state index contributed by atoms with van der Waals surface area (Å²) in [7, 11) is 2.96. The van der Waals surface area contributed by atoms with Crippen LogP contribution in [0.15, 0.2) is 29.7 Å². The average molecular weight is 344 g/mol. The number of aromatic nitrogens is 2. The predicted molar refractivity (Wildman–Crippen MR) is 93.1 cm³/mol. The summed E-state index contributed by atoms with van der Waals surface area (Å²) in [6.45, 7) is 1.57. The molecule has 132 valence electrons. The number of benzene rings is 1. The van der Waals surface area contributed by atoms with Crippen molar-refractivity contribution in [1.29, 1.82) is 0 Å². The number of hydrogen-bond acceptors (Lipinski definition) is 8. The molecular formula is C17H20N4O4. The van der Waals surface area contributed by atoms with Gasteiger partial charge in [-0.1, -0.05) is 11.2 Å². The molecule has 8 heteroatoms. The van der Waals surface area contributed by atoms with E-state index in [1.807, 2.05) is 12.1 Å². The van der Waals surface area contributed by atoms with Gasteiger partial charge in [-0.05, 0) is 31.0 Å². The highest BCUT2D eigenvalue weighted by Crippen LogP contribution is 2.33. The summed E-state index contributed by atoms with van der Waals surface area (Å²) >= 11 is 0. The van der Waals surface area contributed by atoms with Crippen molar-refractivity contribution in [3.63, 3.8) is 0 Å². The molecule has 25 heavy (non-hydrogen) atoms. The van der Waals surface area contributed by atoms with Crippen molar-refractivity contribution in [2.75, 3.05) is 20.0 Å². The molecule has 2 aromatic rings. The number of rotatable bonds is 8. The average Bonchev–Trinajstić information content (AvgIpc) is 2.60. The van der Waals surface area contributed by atoms with Gasteiger partial charge in [-0.15, -0.1) is 0 Å². The fourth-order valence-corrected chi connectivity index (χ4v) is 2.08. The zero-order chi connectivity index (χ0) is 18.2. The molecule has 0 aliphatic heterocycles. The third-order valence-corrected chi connectivity index (χ3v) is 3.37. The van der Waals surface area contributed by atoms with Crippen molar-refractivity contribution in [2.45, 2.75) is 19.8 Å². The molecule has 0 saturated carbocycles. The second-order valence-electron chi connectivity index (χ2n) is 5.18. The summed E-state index contributed by atoms with van der Waals surface area (Å²) in [4.78, 5) is 23.8. The maximum Gasteiger partial charge on any atom is 0.233 e. The lowest BCUT2D eigenvalue weighted by Gasteiger charge is -2.13. The number of nitrogen functional groups attached to an aromatic ring is 1. The lowest BCUT2D eigenvalue weighted by molar-refractivity contribution is -0.116. The number of ketones is 1. The fraction of sp³-hybridized carbons (Fsp3) is 0.294. The zero-order valence-electron chi connectivity index (χ0n) is 14.4. The van der Waals surface area contributed by atoms with Gasteiger partial charge in [0, 0.05) is 6.42 Å². The molecule has 0 saturated heterocycles. The minimum atomic E-state index is 0.137. The molecule has 0 bridgehead atoms. The summed E-state index contributed by atoms with van der Waals surface area (Å²) < 4.78 is 11.2. The molecular weight excluding hydrogens is 324 g/mol. The number of carbonyl (C=O) groups is 1. The van der Waals surface area contributed by atoms with Crippen LogP contribution in [0, 0.1) is 0 Å². The van der Waals surface area contributed by atoms with Crippen molar-refractivity contribution in [3.05, 3.63) is 35.7 Å². The van der Waals surface area contributed by atoms with Crippen LogP contribution in [0.5, 0.6) is 17.4 Å². The van der Waals surface area contributed by atoms with Gasteiger partial charge in [0.1, 0.15) is 30.6 Å². The third kappa shape index (κ3) is 4.90. The number of Topliss-reactive ketones (excluding diaryl/α,β-unsaturated/α-hetero) is 1. The summed E-state index contributed by atoms with van der Waals surface area (Å²) in [6.07, 6.45) is 3.78. The lowest BCUT2D eigenvalue weighted by Crippen LogP contribution is -2.03. The van der Waals surface area contributed by atoms with Gasteiger partial charge in [-0.2, -0.15) is 0 Å². The molecule has 0 atom stereocenters. The van der Waals surface area contributed by atoms with E-state index >= 15 is 0 Å². The van der Waals surface area contributed by atoms with Crippen LogP contribution in [0.4, 0.5) is 5.82 Å². The van der Waals surface area contributed by atoms with Crippen LogP contribution in [0.2, 0.25) is 0 Å². The molecule has 1 aromatic heterocycles. The zero-order valence-corrected chi connectivity index (χ0v) is 14.4. The van der Waals surface area contributed by atoms with Crippen molar-refractivity contribution < 1.29 is 19.1 Å². The number of hydrogen-bond donors (Lipinski definition) is 1. The van der Waals surface area contributed by atoms with Crippen molar-refractivity contribution in [1.82, 2.24) is 9.97 Å². The Hall–Kier alpha value is -3.16. The number of ether oxygens (including phenoxy) is 2. The quantitative estimate of drug-likeness (QED) is 0.578. The van der Waals surface area contributed by atoms with Crippen molar-refractivity contribution >= 4 is 17.8 Å². The Morgan fingerprint density at radius 3 is 2.76 bits per heavy atom. The second-order valence-corrected chi connectivity index (χ2v) is 5.18. The third-order valence-electron chi connectivity index (χ3n) is 3.37. The van der Waals surface area contributed by atoms with Gasteiger partial charge in [-0.25, -0.2) is 9.97 Å². The largest absolute Gasteiger partial charge is 0.493 e. The van der Waals surface area contributed by atoms with Gasteiger partial charge in [0.15, 0.2) is 11.5 Å². The molecule has 0 spiro atoms. The molecule has 0 aliphatic carbocycles. The molecule has 0 amide bonds. The summed E-state index contributed by atoms with van der Waals surface area (Å²) in [6, 6.07) is 5.45. The Bertz CT molecular complexity index is 777. The molecule has 8 nitrogen and oxygen atoms in total. The number of methoxy groups -OCH3 is 1. The van der Waals surface area contributed by atoms with Gasteiger partial charge < -0.3 is 24.8 Å². The van der Waals surface area contributed by atoms with Gasteiger partial charge in [0.05, 0.1) is 13.3 Å². The van der Waals surface area contributed by atoms with Gasteiger partial charge in [-0.3, -0.25) is 0 Å². The highest BCUT2D eigenvalue weighted by Gasteiger charge is 2.13. The van der Waals surface area contributed by atoms with Crippen LogP contribution >= 0.6 is 0 Å². The summed E-state index contributed by atoms with van der Waals surface area (Å²) in [5.41, 5.74) is 7.21. The van der Waals surface area contributed by atoms with E-state index in [1.54, 1.807) is 20.1 Å². The Kier molecular flexibility index (Phi) is 6.27. The standard InChI is InChI=1S/C17H20N4O4/c1-11(22)4-5-12-6-7-14(15(8-12)23-2)25-17-13(9-21-24-3)16(18)19-10-20-17/h6-10H,4-5H2,1-3H3,(H2,18,19,20). The number of nitrogens with two attached hydrogens (primary N) is 1. The van der Waals surface area contributed by atoms with E-state index in [-0.39, 0.29) is 17.5 Å². The SMILES string of the molecule is CON=Cc1c(N)ncnc1Oc1ccc(CCC(C)=O)cc1OC. The van der Waals surface area contributed by atoms with Gasteiger partial charge in [0.25, 0.3) is 0 Å². The fourth-order valence-electron chi connectivity index (χ4n) is 2.08. The maximum absolute atomic E-state index is 11.1. The van der Waals surface area contributed by atoms with Gasteiger partial charge in [0.2, 0.25) is 5.88 Å². The summed E-state index contributed by atoms with van der Waals surface area (Å²) in [5.74, 6) is 1.55. The molecule has 0 unspecified atom stereocenters. The number of oxime groups is 1. The number of carbonyl (C=O) groups excluding carboxylic acids is 1. The Morgan fingerprint density at radius 1 is 1.28 bits per heavy atom. The van der Waals surface area contributed by atoms with Crippen LogP contribution in [-0.2, 0) is 16.1 Å². The molecule has 2 rings (SSSR count). The predicted octanol–water partition coefficient (Wildman–Crippen LogP) is 2.36. The topological polar surface area (TPSA) is 109 Å². The molecule has 0 aliphatic rings. The monoisotopic (exact) mass is 344 g/mol. The smallest absolute Gasteiger partial charge is 0.233 e. The van der Waals surface area contributed by atoms with Crippen molar-refractivity contribution in [2.24, 2.45) is 5.16 Å². The molecule has 0 radical (unpaired) electrons. The first-order chi connectivity index (χ1) is 12.0. The first-order valence-corrected chi connectivity index (χ1v) is 7.56. The van der Waals surface area contributed by atoms with Crippen LogP contribution in [0.1, 0.15) is 24.5 Å². The lowest BCUT2D eigenvalue weighted by atomic mass is 10.1. The first-order valence-electron chi connectivity index (χ1n) is 7.56. The van der Waals surface area contributed by atoms with Crippen LogP contribution in [-0.4, -0.2) is 36.2 Å².